The summed E-state index contributed by atoms with van der Waals surface area (Å²) in [5, 5.41) is 5.77. The second-order valence-electron chi connectivity index (χ2n) is 6.64. The zero-order valence-corrected chi connectivity index (χ0v) is 18.5. The lowest BCUT2D eigenvalue weighted by atomic mass is 10.2. The lowest BCUT2D eigenvalue weighted by Crippen LogP contribution is -2.22. The van der Waals surface area contributed by atoms with Crippen LogP contribution in [0.15, 0.2) is 65.6 Å². The van der Waals surface area contributed by atoms with Gasteiger partial charge in [0.15, 0.2) is 0 Å². The van der Waals surface area contributed by atoms with Crippen molar-refractivity contribution in [2.45, 2.75) is 18.7 Å². The van der Waals surface area contributed by atoms with Gasteiger partial charge in [0.1, 0.15) is 0 Å². The molecule has 0 aliphatic carbocycles. The van der Waals surface area contributed by atoms with Gasteiger partial charge in [-0.15, -0.1) is 0 Å². The molecule has 156 valence electrons. The van der Waals surface area contributed by atoms with Crippen LogP contribution in [0.1, 0.15) is 11.1 Å². The standard InChI is InChI=1S/C21H19Cl2N3O3S/c1-13-6-9-15(10-7-13)30(28,29)26-19-12-14(2)8-11-18(19)24-21(27)25-20-16(22)4-3-5-17(20)23/h3-12,26H,1-2H3,(H2,24,25,27). The molecule has 0 atom stereocenters. The Morgan fingerprint density at radius 1 is 0.800 bits per heavy atom. The molecule has 0 aliphatic heterocycles. The highest BCUT2D eigenvalue weighted by atomic mass is 35.5. The predicted octanol–water partition coefficient (Wildman–Crippen LogP) is 6.06. The van der Waals surface area contributed by atoms with Crippen molar-refractivity contribution < 1.29 is 13.2 Å². The second-order valence-corrected chi connectivity index (χ2v) is 9.14. The van der Waals surface area contributed by atoms with E-state index in [1.807, 2.05) is 13.8 Å². The van der Waals surface area contributed by atoms with E-state index in [1.54, 1.807) is 48.5 Å². The molecule has 9 heteroatoms. The smallest absolute Gasteiger partial charge is 0.306 e. The van der Waals surface area contributed by atoms with Gasteiger partial charge in [-0.3, -0.25) is 4.72 Å². The first-order chi connectivity index (χ1) is 14.2. The van der Waals surface area contributed by atoms with E-state index < -0.39 is 16.1 Å². The number of benzene rings is 3. The Kier molecular flexibility index (Phi) is 6.55. The van der Waals surface area contributed by atoms with Gasteiger partial charge in [-0.2, -0.15) is 0 Å². The van der Waals surface area contributed by atoms with Crippen molar-refractivity contribution in [2.24, 2.45) is 0 Å². The first-order valence-electron chi connectivity index (χ1n) is 8.88. The molecule has 0 aliphatic rings. The number of para-hydroxylation sites is 1. The lowest BCUT2D eigenvalue weighted by molar-refractivity contribution is 0.262. The molecule has 0 bridgehead atoms. The summed E-state index contributed by atoms with van der Waals surface area (Å²) < 4.78 is 28.1. The molecule has 0 saturated carbocycles. The minimum absolute atomic E-state index is 0.118. The molecule has 0 saturated heterocycles. The summed E-state index contributed by atoms with van der Waals surface area (Å²) in [6.45, 7) is 3.69. The summed E-state index contributed by atoms with van der Waals surface area (Å²) in [4.78, 5) is 12.6. The van der Waals surface area contributed by atoms with Crippen LogP contribution in [0.4, 0.5) is 21.9 Å². The molecular weight excluding hydrogens is 445 g/mol. The molecule has 3 aromatic rings. The van der Waals surface area contributed by atoms with Gasteiger partial charge in [0.25, 0.3) is 10.0 Å². The van der Waals surface area contributed by atoms with Gasteiger partial charge in [-0.1, -0.05) is 53.0 Å². The van der Waals surface area contributed by atoms with Crippen LogP contribution in [-0.4, -0.2) is 14.4 Å². The number of halogens is 2. The van der Waals surface area contributed by atoms with Crippen LogP contribution in [0.5, 0.6) is 0 Å². The fraction of sp³-hybridized carbons (Fsp3) is 0.0952. The highest BCUT2D eigenvalue weighted by Gasteiger charge is 2.18. The van der Waals surface area contributed by atoms with E-state index in [9.17, 15) is 13.2 Å². The Labute approximate surface area is 185 Å². The molecule has 0 fully saturated rings. The van der Waals surface area contributed by atoms with Crippen LogP contribution in [0.3, 0.4) is 0 Å². The summed E-state index contributed by atoms with van der Waals surface area (Å²) >= 11 is 12.2. The highest BCUT2D eigenvalue weighted by Crippen LogP contribution is 2.31. The Morgan fingerprint density at radius 2 is 1.40 bits per heavy atom. The molecular formula is C21H19Cl2N3O3S. The van der Waals surface area contributed by atoms with Crippen LogP contribution >= 0.6 is 23.2 Å². The summed E-state index contributed by atoms with van der Waals surface area (Å²) in [7, 11) is -3.84. The van der Waals surface area contributed by atoms with Crippen molar-refractivity contribution in [3.63, 3.8) is 0 Å². The number of anilines is 3. The Hall–Kier alpha value is -2.74. The van der Waals surface area contributed by atoms with Crippen LogP contribution in [0.2, 0.25) is 10.0 Å². The minimum Gasteiger partial charge on any atom is -0.306 e. The number of carbonyl (C=O) groups excluding carboxylic acids is 1. The zero-order valence-electron chi connectivity index (χ0n) is 16.2. The third kappa shape index (κ3) is 5.24. The third-order valence-electron chi connectivity index (χ3n) is 4.20. The first-order valence-corrected chi connectivity index (χ1v) is 11.1. The van der Waals surface area contributed by atoms with Crippen molar-refractivity contribution in [1.29, 1.82) is 0 Å². The molecule has 0 spiro atoms. The molecule has 6 nitrogen and oxygen atoms in total. The van der Waals surface area contributed by atoms with E-state index in [0.717, 1.165) is 11.1 Å². The molecule has 3 N–H and O–H groups in total. The summed E-state index contributed by atoms with van der Waals surface area (Å²) in [6, 6.07) is 15.7. The lowest BCUT2D eigenvalue weighted by Gasteiger charge is -2.16. The number of urea groups is 1. The SMILES string of the molecule is Cc1ccc(S(=O)(=O)Nc2cc(C)ccc2NC(=O)Nc2c(Cl)cccc2Cl)cc1. The molecule has 0 radical (unpaired) electrons. The molecule has 0 unspecified atom stereocenters. The van der Waals surface area contributed by atoms with Gasteiger partial charge in [0.05, 0.1) is 32.0 Å². The number of amides is 2. The average Bonchev–Trinajstić information content (AvgIpc) is 2.67. The Balaban J connectivity index is 1.85. The predicted molar refractivity (Wildman–Crippen MR) is 122 cm³/mol. The minimum atomic E-state index is -3.84. The molecule has 30 heavy (non-hydrogen) atoms. The van der Waals surface area contributed by atoms with Gasteiger partial charge in [-0.05, 0) is 55.8 Å². The molecule has 0 aromatic heterocycles. The monoisotopic (exact) mass is 463 g/mol. The summed E-state index contributed by atoms with van der Waals surface area (Å²) in [6.07, 6.45) is 0. The average molecular weight is 464 g/mol. The number of nitrogens with one attached hydrogen (secondary N) is 3. The zero-order chi connectivity index (χ0) is 21.9. The van der Waals surface area contributed by atoms with Crippen molar-refractivity contribution in [2.75, 3.05) is 15.4 Å². The van der Waals surface area contributed by atoms with Crippen molar-refractivity contribution in [3.8, 4) is 0 Å². The van der Waals surface area contributed by atoms with Gasteiger partial charge in [0, 0.05) is 0 Å². The van der Waals surface area contributed by atoms with Gasteiger partial charge < -0.3 is 10.6 Å². The van der Waals surface area contributed by atoms with E-state index in [0.29, 0.717) is 0 Å². The van der Waals surface area contributed by atoms with Crippen LogP contribution in [0.25, 0.3) is 0 Å². The third-order valence-corrected chi connectivity index (χ3v) is 6.21. The molecule has 2 amide bonds. The maximum atomic E-state index is 12.8. The Morgan fingerprint density at radius 3 is 2.03 bits per heavy atom. The van der Waals surface area contributed by atoms with Crippen molar-refractivity contribution in [3.05, 3.63) is 81.8 Å². The molecule has 0 heterocycles. The largest absolute Gasteiger partial charge is 0.323 e. The number of aryl methyl sites for hydroxylation is 2. The van der Waals surface area contributed by atoms with Crippen molar-refractivity contribution in [1.82, 2.24) is 0 Å². The van der Waals surface area contributed by atoms with Crippen LogP contribution in [-0.2, 0) is 10.0 Å². The number of hydrogen-bond donors (Lipinski definition) is 3. The van der Waals surface area contributed by atoms with Crippen molar-refractivity contribution >= 4 is 56.3 Å². The normalized spacial score (nSPS) is 11.1. The van der Waals surface area contributed by atoms with Gasteiger partial charge in [-0.25, -0.2) is 13.2 Å². The van der Waals surface area contributed by atoms with E-state index in [4.69, 9.17) is 23.2 Å². The molecule has 3 rings (SSSR count). The van der Waals surface area contributed by atoms with E-state index in [2.05, 4.69) is 15.4 Å². The van der Waals surface area contributed by atoms with Gasteiger partial charge in [0.2, 0.25) is 0 Å². The van der Waals surface area contributed by atoms with Gasteiger partial charge >= 0.3 is 6.03 Å². The maximum Gasteiger partial charge on any atom is 0.323 e. The highest BCUT2D eigenvalue weighted by molar-refractivity contribution is 7.92. The Bertz CT molecular complexity index is 1180. The number of hydrogen-bond acceptors (Lipinski definition) is 3. The van der Waals surface area contributed by atoms with E-state index in [1.165, 1.54) is 12.1 Å². The summed E-state index contributed by atoms with van der Waals surface area (Å²) in [5.74, 6) is 0. The van der Waals surface area contributed by atoms with Crippen LogP contribution in [0, 0.1) is 13.8 Å². The van der Waals surface area contributed by atoms with Crippen LogP contribution < -0.4 is 15.4 Å². The maximum absolute atomic E-state index is 12.8. The summed E-state index contributed by atoms with van der Waals surface area (Å²) in [5.41, 5.74) is 2.53. The number of rotatable bonds is 5. The second kappa shape index (κ2) is 8.95. The quantitative estimate of drug-likeness (QED) is 0.429. The van der Waals surface area contributed by atoms with E-state index in [-0.39, 0.29) is 32.0 Å². The fourth-order valence-electron chi connectivity index (χ4n) is 2.66. The number of sulfonamides is 1. The van der Waals surface area contributed by atoms with E-state index >= 15 is 0 Å². The molecule has 3 aromatic carbocycles. The topological polar surface area (TPSA) is 87.3 Å². The fourth-order valence-corrected chi connectivity index (χ4v) is 4.22. The number of carbonyl (C=O) groups is 1. The first kappa shape index (κ1) is 22.0.